The van der Waals surface area contributed by atoms with E-state index in [2.05, 4.69) is 156 Å². The number of nitrogens with zero attached hydrogens (tertiary/aromatic N) is 4. The Hall–Kier alpha value is -5.16. The maximum atomic E-state index is 6.78. The highest BCUT2D eigenvalue weighted by Crippen LogP contribution is 2.37. The summed E-state index contributed by atoms with van der Waals surface area (Å²) in [6, 6.07) is 34.7. The van der Waals surface area contributed by atoms with Gasteiger partial charge in [-0.15, -0.1) is 0 Å². The maximum Gasteiger partial charge on any atom is 0.137 e. The average molecular weight is 661 g/mol. The lowest BCUT2D eigenvalue weighted by Gasteiger charge is -2.18. The number of aryl methyl sites for hydroxylation is 3. The third-order valence-corrected chi connectivity index (χ3v) is 9.46. The van der Waals surface area contributed by atoms with Crippen molar-refractivity contribution in [1.82, 2.24) is 19.3 Å². The fourth-order valence-corrected chi connectivity index (χ4v) is 7.20. The normalized spacial score (nSPS) is 12.0. The number of ether oxygens (including phenoxy) is 1. The molecule has 5 heteroatoms. The molecule has 254 valence electrons. The van der Waals surface area contributed by atoms with Gasteiger partial charge in [-0.05, 0) is 122 Å². The van der Waals surface area contributed by atoms with E-state index in [1.165, 1.54) is 38.6 Å². The first-order valence-corrected chi connectivity index (χ1v) is 17.9. The Bertz CT molecular complexity index is 2320. The summed E-state index contributed by atoms with van der Waals surface area (Å²) >= 11 is 0. The second kappa shape index (κ2) is 13.3. The van der Waals surface area contributed by atoms with Gasteiger partial charge < -0.3 is 4.74 Å². The van der Waals surface area contributed by atoms with Crippen molar-refractivity contribution in [1.29, 1.82) is 0 Å². The lowest BCUT2D eigenvalue weighted by atomic mass is 9.88. The molecular weight excluding hydrogens is 613 g/mol. The first kappa shape index (κ1) is 33.3. The molecule has 4 aromatic carbocycles. The maximum absolute atomic E-state index is 6.78. The van der Waals surface area contributed by atoms with Crippen molar-refractivity contribution in [2.75, 3.05) is 0 Å². The molecule has 3 aromatic heterocycles. The predicted octanol–water partition coefficient (Wildman–Crippen LogP) is 11.9. The molecule has 0 aliphatic rings. The van der Waals surface area contributed by atoms with Crippen LogP contribution in [0, 0.1) is 32.1 Å². The smallest absolute Gasteiger partial charge is 0.137 e. The molecule has 0 N–H and O–H groups in total. The quantitative estimate of drug-likeness (QED) is 0.155. The van der Waals surface area contributed by atoms with Gasteiger partial charge in [-0.25, -0.2) is 9.67 Å². The van der Waals surface area contributed by atoms with Crippen LogP contribution in [0.4, 0.5) is 0 Å². The summed E-state index contributed by atoms with van der Waals surface area (Å²) in [7, 11) is 0. The third-order valence-electron chi connectivity index (χ3n) is 9.46. The molecule has 7 rings (SSSR count). The van der Waals surface area contributed by atoms with E-state index in [1.807, 2.05) is 12.3 Å². The molecule has 0 aliphatic heterocycles. The van der Waals surface area contributed by atoms with Gasteiger partial charge in [0.05, 0.1) is 22.4 Å². The van der Waals surface area contributed by atoms with Crippen LogP contribution in [0.2, 0.25) is 0 Å². The van der Waals surface area contributed by atoms with Crippen molar-refractivity contribution < 1.29 is 4.74 Å². The van der Waals surface area contributed by atoms with E-state index in [0.29, 0.717) is 5.92 Å². The summed E-state index contributed by atoms with van der Waals surface area (Å²) in [5, 5.41) is 7.46. The summed E-state index contributed by atoms with van der Waals surface area (Å²) in [5.74, 6) is 3.10. The summed E-state index contributed by atoms with van der Waals surface area (Å²) in [6.07, 6.45) is 4.97. The molecule has 0 radical (unpaired) electrons. The van der Waals surface area contributed by atoms with E-state index in [0.717, 1.165) is 64.7 Å². The molecule has 0 spiro atoms. The van der Waals surface area contributed by atoms with Gasteiger partial charge in [-0.1, -0.05) is 71.0 Å². The second-order valence-electron chi connectivity index (χ2n) is 15.5. The van der Waals surface area contributed by atoms with Gasteiger partial charge in [0.2, 0.25) is 0 Å². The Kier molecular flexibility index (Phi) is 8.86. The number of aromatic nitrogens is 4. The molecule has 0 atom stereocenters. The SMILES string of the molecule is Cc1ccnc(-n2c3ccc(CC(C)(C)C)cc3c3ccc(Oc4cc(CCC(C)C)cc(-n5nc(C)c(-c6ccccc6)c5C)c4)cc32)c1. The molecule has 7 aromatic rings. The Labute approximate surface area is 296 Å². The average Bonchev–Trinajstić information content (AvgIpc) is 3.55. The fraction of sp³-hybridized carbons (Fsp3) is 0.289. The van der Waals surface area contributed by atoms with Crippen LogP contribution in [0.25, 0.3) is 44.4 Å². The molecule has 0 fully saturated rings. The second-order valence-corrected chi connectivity index (χ2v) is 15.5. The van der Waals surface area contributed by atoms with Crippen LogP contribution in [0.5, 0.6) is 11.5 Å². The number of pyridine rings is 1. The van der Waals surface area contributed by atoms with E-state index in [9.17, 15) is 0 Å². The lowest BCUT2D eigenvalue weighted by molar-refractivity contribution is 0.411. The zero-order valence-electron chi connectivity index (χ0n) is 30.7. The summed E-state index contributed by atoms with van der Waals surface area (Å²) in [4.78, 5) is 4.82. The minimum absolute atomic E-state index is 0.199. The van der Waals surface area contributed by atoms with Crippen molar-refractivity contribution in [2.24, 2.45) is 11.3 Å². The van der Waals surface area contributed by atoms with Gasteiger partial charge in [0, 0.05) is 40.4 Å². The van der Waals surface area contributed by atoms with E-state index in [4.69, 9.17) is 14.8 Å². The highest BCUT2D eigenvalue weighted by Gasteiger charge is 2.19. The van der Waals surface area contributed by atoms with E-state index < -0.39 is 0 Å². The number of benzene rings is 4. The van der Waals surface area contributed by atoms with Gasteiger partial charge in [0.1, 0.15) is 17.3 Å². The van der Waals surface area contributed by atoms with Crippen molar-refractivity contribution >= 4 is 21.8 Å². The first-order chi connectivity index (χ1) is 23.9. The molecule has 3 heterocycles. The Balaban J connectivity index is 1.34. The van der Waals surface area contributed by atoms with Crippen LogP contribution >= 0.6 is 0 Å². The Morgan fingerprint density at radius 2 is 1.54 bits per heavy atom. The van der Waals surface area contributed by atoms with Gasteiger partial charge in [-0.2, -0.15) is 5.10 Å². The number of hydrogen-bond donors (Lipinski definition) is 0. The lowest BCUT2D eigenvalue weighted by Crippen LogP contribution is -2.08. The van der Waals surface area contributed by atoms with Crippen LogP contribution < -0.4 is 4.74 Å². The zero-order chi connectivity index (χ0) is 35.2. The number of hydrogen-bond acceptors (Lipinski definition) is 3. The van der Waals surface area contributed by atoms with Gasteiger partial charge in [0.15, 0.2) is 0 Å². The van der Waals surface area contributed by atoms with Crippen molar-refractivity contribution in [3.05, 3.63) is 131 Å². The molecular formula is C45H48N4O. The van der Waals surface area contributed by atoms with Crippen molar-refractivity contribution in [3.63, 3.8) is 0 Å². The summed E-state index contributed by atoms with van der Waals surface area (Å²) in [6.45, 7) is 17.8. The topological polar surface area (TPSA) is 44.9 Å². The van der Waals surface area contributed by atoms with Crippen LogP contribution in [0.15, 0.2) is 103 Å². The molecule has 0 saturated heterocycles. The number of rotatable bonds is 9. The zero-order valence-corrected chi connectivity index (χ0v) is 30.7. The monoisotopic (exact) mass is 660 g/mol. The van der Waals surface area contributed by atoms with Crippen LogP contribution in [-0.4, -0.2) is 19.3 Å². The number of fused-ring (bicyclic) bond motifs is 3. The first-order valence-electron chi connectivity index (χ1n) is 17.9. The van der Waals surface area contributed by atoms with Gasteiger partial charge in [-0.3, -0.25) is 4.57 Å². The van der Waals surface area contributed by atoms with Crippen molar-refractivity contribution in [2.45, 2.75) is 74.7 Å². The fourth-order valence-electron chi connectivity index (χ4n) is 7.20. The standard InChI is InChI=1S/C45H48N4O/c1-29(2)14-15-33-23-36(49-32(5)44(31(4)47-49)35-12-10-9-11-13-35)26-38(24-33)50-37-17-18-39-40-25-34(28-45(6,7)8)16-19-41(40)48(42(39)27-37)43-22-30(3)20-21-46-43/h9-13,16-27,29H,14-15,28H2,1-8H3. The highest BCUT2D eigenvalue weighted by atomic mass is 16.5. The van der Waals surface area contributed by atoms with E-state index in [1.54, 1.807) is 0 Å². The molecule has 0 unspecified atom stereocenters. The van der Waals surface area contributed by atoms with Gasteiger partial charge >= 0.3 is 0 Å². The summed E-state index contributed by atoms with van der Waals surface area (Å²) < 4.78 is 11.1. The molecule has 0 aliphatic carbocycles. The minimum Gasteiger partial charge on any atom is -0.457 e. The molecule has 0 saturated carbocycles. The highest BCUT2D eigenvalue weighted by molar-refractivity contribution is 6.09. The molecule has 0 amide bonds. The van der Waals surface area contributed by atoms with Gasteiger partial charge in [0.25, 0.3) is 0 Å². The Morgan fingerprint density at radius 3 is 2.28 bits per heavy atom. The van der Waals surface area contributed by atoms with Crippen LogP contribution in [0.1, 0.15) is 69.1 Å². The minimum atomic E-state index is 0.199. The van der Waals surface area contributed by atoms with E-state index in [-0.39, 0.29) is 5.41 Å². The largest absolute Gasteiger partial charge is 0.457 e. The summed E-state index contributed by atoms with van der Waals surface area (Å²) in [5.41, 5.74) is 11.7. The predicted molar refractivity (Wildman–Crippen MR) is 208 cm³/mol. The third kappa shape index (κ3) is 6.82. The van der Waals surface area contributed by atoms with Crippen LogP contribution in [0.3, 0.4) is 0 Å². The molecule has 0 bridgehead atoms. The van der Waals surface area contributed by atoms with Crippen molar-refractivity contribution in [3.8, 4) is 34.1 Å². The molecule has 50 heavy (non-hydrogen) atoms. The van der Waals surface area contributed by atoms with Crippen LogP contribution in [-0.2, 0) is 12.8 Å². The Morgan fingerprint density at radius 1 is 0.740 bits per heavy atom. The molecule has 5 nitrogen and oxygen atoms in total. The van der Waals surface area contributed by atoms with E-state index >= 15 is 0 Å².